The van der Waals surface area contributed by atoms with E-state index in [2.05, 4.69) is 141 Å². The Morgan fingerprint density at radius 3 is 1.63 bits per heavy atom. The average Bonchev–Trinajstić information content (AvgIpc) is 3.23. The van der Waals surface area contributed by atoms with Crippen LogP contribution in [0.15, 0.2) is 170 Å². The van der Waals surface area contributed by atoms with E-state index in [1.54, 1.807) is 6.20 Å². The van der Waals surface area contributed by atoms with Crippen molar-refractivity contribution in [2.45, 2.75) is 26.2 Å². The van der Waals surface area contributed by atoms with Crippen molar-refractivity contribution in [1.82, 2.24) is 24.9 Å². The van der Waals surface area contributed by atoms with Gasteiger partial charge in [-0.05, 0) is 64.6 Å². The number of pyridine rings is 3. The molecule has 0 spiro atoms. The third-order valence-corrected chi connectivity index (χ3v) is 9.88. The quantitative estimate of drug-likeness (QED) is 0.162. The van der Waals surface area contributed by atoms with Gasteiger partial charge in [-0.3, -0.25) is 4.98 Å². The van der Waals surface area contributed by atoms with E-state index in [4.69, 9.17) is 19.9 Å². The van der Waals surface area contributed by atoms with Crippen molar-refractivity contribution in [3.8, 4) is 67.5 Å². The fourth-order valence-corrected chi connectivity index (χ4v) is 7.10. The fraction of sp³-hybridized carbons (Fsp3) is 0.0816. The third kappa shape index (κ3) is 6.41. The molecule has 0 saturated carbocycles. The molecule has 0 unspecified atom stereocenters. The van der Waals surface area contributed by atoms with Crippen LogP contribution in [0.1, 0.15) is 26.3 Å². The summed E-state index contributed by atoms with van der Waals surface area (Å²) in [5, 5.41) is 2.20. The van der Waals surface area contributed by atoms with Gasteiger partial charge in [-0.2, -0.15) is 0 Å². The molecule has 0 aliphatic carbocycles. The van der Waals surface area contributed by atoms with Crippen LogP contribution in [0, 0.1) is 0 Å². The van der Waals surface area contributed by atoms with Crippen molar-refractivity contribution in [3.63, 3.8) is 0 Å². The topological polar surface area (TPSA) is 64.5 Å². The van der Waals surface area contributed by atoms with Crippen LogP contribution in [-0.4, -0.2) is 24.9 Å². The van der Waals surface area contributed by atoms with Crippen LogP contribution in [0.3, 0.4) is 0 Å². The molecule has 0 amide bonds. The molecule has 4 heterocycles. The van der Waals surface area contributed by atoms with E-state index in [1.165, 1.54) is 5.56 Å². The summed E-state index contributed by atoms with van der Waals surface area (Å²) in [6.45, 7) is 6.79. The Kier molecular flexibility index (Phi) is 8.32. The van der Waals surface area contributed by atoms with Gasteiger partial charge in [0, 0.05) is 51.0 Å². The van der Waals surface area contributed by atoms with Crippen LogP contribution in [0.2, 0.25) is 0 Å². The van der Waals surface area contributed by atoms with Crippen LogP contribution in [0.25, 0.3) is 89.4 Å². The first-order valence-corrected chi connectivity index (χ1v) is 18.2. The van der Waals surface area contributed by atoms with Crippen molar-refractivity contribution in [2.75, 3.05) is 0 Å². The second-order valence-corrected chi connectivity index (χ2v) is 14.6. The van der Waals surface area contributed by atoms with E-state index in [0.29, 0.717) is 5.82 Å². The fourth-order valence-electron chi connectivity index (χ4n) is 7.10. The highest BCUT2D eigenvalue weighted by Crippen LogP contribution is 2.37. The largest absolute Gasteiger partial charge is 0.264 e. The van der Waals surface area contributed by atoms with Crippen LogP contribution in [-0.2, 0) is 5.41 Å². The Labute approximate surface area is 315 Å². The van der Waals surface area contributed by atoms with Gasteiger partial charge in [0.05, 0.1) is 33.8 Å². The third-order valence-electron chi connectivity index (χ3n) is 9.88. The summed E-state index contributed by atoms with van der Waals surface area (Å²) in [6.07, 6.45) is 3.62. The van der Waals surface area contributed by atoms with Gasteiger partial charge < -0.3 is 0 Å². The van der Waals surface area contributed by atoms with Gasteiger partial charge in [0.1, 0.15) is 0 Å². The van der Waals surface area contributed by atoms with Crippen molar-refractivity contribution in [1.29, 1.82) is 0 Å². The predicted octanol–water partition coefficient (Wildman–Crippen LogP) is 12.3. The smallest absolute Gasteiger partial charge is 0.160 e. The molecule has 54 heavy (non-hydrogen) atoms. The summed E-state index contributed by atoms with van der Waals surface area (Å²) >= 11 is 0. The van der Waals surface area contributed by atoms with Crippen molar-refractivity contribution >= 4 is 21.8 Å². The first kappa shape index (κ1) is 33.0. The number of hydrogen-bond donors (Lipinski definition) is 0. The van der Waals surface area contributed by atoms with Crippen molar-refractivity contribution in [3.05, 3.63) is 176 Å². The molecule has 4 aromatic heterocycles. The zero-order valence-corrected chi connectivity index (χ0v) is 30.4. The highest BCUT2D eigenvalue weighted by atomic mass is 14.9. The monoisotopic (exact) mass is 695 g/mol. The highest BCUT2D eigenvalue weighted by Gasteiger charge is 2.21. The molecule has 0 N–H and O–H groups in total. The first-order chi connectivity index (χ1) is 26.4. The van der Waals surface area contributed by atoms with E-state index in [-0.39, 0.29) is 5.41 Å². The minimum absolute atomic E-state index is 0.116. The number of benzene rings is 5. The Morgan fingerprint density at radius 2 is 0.944 bits per heavy atom. The van der Waals surface area contributed by atoms with Crippen LogP contribution >= 0.6 is 0 Å². The van der Waals surface area contributed by atoms with E-state index in [1.807, 2.05) is 48.7 Å². The maximum atomic E-state index is 5.37. The number of nitrogens with zero attached hydrogens (tertiary/aromatic N) is 5. The summed E-state index contributed by atoms with van der Waals surface area (Å²) in [5.41, 5.74) is 13.7. The molecule has 0 aliphatic heterocycles. The lowest BCUT2D eigenvalue weighted by molar-refractivity contribution is 0.595. The zero-order chi connectivity index (χ0) is 36.6. The summed E-state index contributed by atoms with van der Waals surface area (Å²) in [7, 11) is 0. The van der Waals surface area contributed by atoms with Gasteiger partial charge in [-0.15, -0.1) is 0 Å². The lowest BCUT2D eigenvalue weighted by atomic mass is 9.83. The molecule has 0 saturated heterocycles. The molecule has 9 rings (SSSR count). The molecule has 258 valence electrons. The summed E-state index contributed by atoms with van der Waals surface area (Å²) in [6, 6.07) is 54.6. The Morgan fingerprint density at radius 1 is 0.389 bits per heavy atom. The van der Waals surface area contributed by atoms with Crippen LogP contribution in [0.5, 0.6) is 0 Å². The molecular weight excluding hydrogens is 659 g/mol. The number of rotatable bonds is 6. The molecule has 0 radical (unpaired) electrons. The second kappa shape index (κ2) is 13.6. The molecule has 5 nitrogen and oxygen atoms in total. The first-order valence-electron chi connectivity index (χ1n) is 18.2. The predicted molar refractivity (Wildman–Crippen MR) is 222 cm³/mol. The van der Waals surface area contributed by atoms with E-state index >= 15 is 0 Å². The number of hydrogen-bond acceptors (Lipinski definition) is 5. The number of fused-ring (bicyclic) bond motifs is 3. The maximum Gasteiger partial charge on any atom is 0.160 e. The van der Waals surface area contributed by atoms with Gasteiger partial charge in [-0.25, -0.2) is 19.9 Å². The number of aromatic nitrogens is 5. The normalized spacial score (nSPS) is 11.6. The average molecular weight is 696 g/mol. The molecule has 5 aromatic carbocycles. The van der Waals surface area contributed by atoms with Crippen LogP contribution in [0.4, 0.5) is 0 Å². The SMILES string of the molecule is CC(C)(C)c1cc(-c2cccc(-c3cccc(-c4nc(-c5ccccc5)cc(-c5cccnc5)n4)c3)c2)nc2c1ccc1ccc(-c3ccccc3)nc12. The van der Waals surface area contributed by atoms with Gasteiger partial charge in [-0.1, -0.05) is 136 Å². The summed E-state index contributed by atoms with van der Waals surface area (Å²) in [5.74, 6) is 0.661. The lowest BCUT2D eigenvalue weighted by Gasteiger charge is -2.23. The van der Waals surface area contributed by atoms with Gasteiger partial charge in [0.25, 0.3) is 0 Å². The van der Waals surface area contributed by atoms with E-state index in [0.717, 1.165) is 83.5 Å². The van der Waals surface area contributed by atoms with Gasteiger partial charge in [0.2, 0.25) is 0 Å². The minimum atomic E-state index is -0.116. The van der Waals surface area contributed by atoms with E-state index < -0.39 is 0 Å². The zero-order valence-electron chi connectivity index (χ0n) is 30.4. The Balaban J connectivity index is 1.16. The highest BCUT2D eigenvalue weighted by molar-refractivity contribution is 6.05. The lowest BCUT2D eigenvalue weighted by Crippen LogP contribution is -2.12. The Bertz CT molecular complexity index is 2730. The molecule has 0 atom stereocenters. The van der Waals surface area contributed by atoms with Crippen LogP contribution < -0.4 is 0 Å². The van der Waals surface area contributed by atoms with Gasteiger partial charge in [0.15, 0.2) is 5.82 Å². The minimum Gasteiger partial charge on any atom is -0.264 e. The molecule has 5 heteroatoms. The van der Waals surface area contributed by atoms with Gasteiger partial charge >= 0.3 is 0 Å². The second-order valence-electron chi connectivity index (χ2n) is 14.6. The molecule has 0 bridgehead atoms. The summed E-state index contributed by atoms with van der Waals surface area (Å²) in [4.78, 5) is 25.0. The Hall–Kier alpha value is -6.85. The maximum absolute atomic E-state index is 5.37. The molecular formula is C49H37N5. The molecule has 9 aromatic rings. The molecule has 0 fully saturated rings. The summed E-state index contributed by atoms with van der Waals surface area (Å²) < 4.78 is 0. The molecule has 0 aliphatic rings. The van der Waals surface area contributed by atoms with Crippen molar-refractivity contribution < 1.29 is 0 Å². The standard InChI is InChI=1S/C49H37N5/c1-49(2,3)41-29-43(52-47-40(41)24-22-34-23-25-42(51-46(34)47)32-13-6-4-7-14-32)37-19-10-17-35(27-37)36-18-11-20-38(28-36)48-53-44(33-15-8-5-9-16-33)30-45(54-48)39-21-12-26-50-31-39/h4-31H,1-3H3. The van der Waals surface area contributed by atoms with E-state index in [9.17, 15) is 0 Å². The van der Waals surface area contributed by atoms with Crippen molar-refractivity contribution in [2.24, 2.45) is 0 Å².